The molecule has 0 unspecified atom stereocenters. The molecular formula is C53H46Br4. The minimum absolute atomic E-state index is 0.0556. The summed E-state index contributed by atoms with van der Waals surface area (Å²) in [5, 5.41) is 7.07. The molecule has 8 rings (SSSR count). The van der Waals surface area contributed by atoms with E-state index in [4.69, 9.17) is 0 Å². The van der Waals surface area contributed by atoms with Gasteiger partial charge in [0, 0.05) is 47.6 Å². The number of hydrogen-bond acceptors (Lipinski definition) is 0. The van der Waals surface area contributed by atoms with Crippen LogP contribution >= 0.6 is 63.7 Å². The van der Waals surface area contributed by atoms with Crippen molar-refractivity contribution in [3.63, 3.8) is 0 Å². The van der Waals surface area contributed by atoms with Crippen LogP contribution in [0.5, 0.6) is 0 Å². The molecular weight excluding hydrogens is 956 g/mol. The summed E-state index contributed by atoms with van der Waals surface area (Å²) in [6.07, 6.45) is 4.78. The first-order chi connectivity index (χ1) is 26.8. The molecule has 0 radical (unpaired) electrons. The van der Waals surface area contributed by atoms with Crippen molar-refractivity contribution in [1.82, 2.24) is 0 Å². The SMILES string of the molecule is CC1=C[C+](C(C)(C)C)C=C(C)C1=c1c2ccc(Br)cc2c(=C=C2c3cc(Br)ccc3[C-](c3c(C)cc(C(C)(C)C)cc3C)c3ccc(Br)cc32)c2cc(Br)ccc12. The Morgan fingerprint density at radius 3 is 1.42 bits per heavy atom. The van der Waals surface area contributed by atoms with Crippen molar-refractivity contribution < 1.29 is 0 Å². The van der Waals surface area contributed by atoms with Crippen LogP contribution < -0.4 is 10.4 Å². The molecule has 6 aromatic carbocycles. The molecule has 0 amide bonds. The van der Waals surface area contributed by atoms with Gasteiger partial charge in [-0.15, -0.1) is 5.73 Å². The van der Waals surface area contributed by atoms with Gasteiger partial charge in [0.2, 0.25) is 0 Å². The fourth-order valence-corrected chi connectivity index (χ4v) is 10.3. The van der Waals surface area contributed by atoms with Crippen LogP contribution in [0.2, 0.25) is 0 Å². The predicted octanol–water partition coefficient (Wildman–Crippen LogP) is 15.5. The van der Waals surface area contributed by atoms with Crippen LogP contribution in [0, 0.1) is 31.1 Å². The van der Waals surface area contributed by atoms with Gasteiger partial charge in [-0.25, -0.2) is 0 Å². The molecule has 0 spiro atoms. The molecule has 286 valence electrons. The van der Waals surface area contributed by atoms with Crippen LogP contribution in [0.15, 0.2) is 126 Å². The lowest BCUT2D eigenvalue weighted by Crippen LogP contribution is -2.22. The number of halogens is 4. The van der Waals surface area contributed by atoms with Crippen molar-refractivity contribution in [1.29, 1.82) is 0 Å². The van der Waals surface area contributed by atoms with E-state index in [-0.39, 0.29) is 10.8 Å². The minimum Gasteiger partial charge on any atom is -0.114 e. The van der Waals surface area contributed by atoms with Crippen LogP contribution in [0.1, 0.15) is 99.9 Å². The highest BCUT2D eigenvalue weighted by Gasteiger charge is 2.33. The van der Waals surface area contributed by atoms with Crippen molar-refractivity contribution in [2.24, 2.45) is 5.41 Å². The van der Waals surface area contributed by atoms with E-state index in [1.807, 2.05) is 0 Å². The summed E-state index contributed by atoms with van der Waals surface area (Å²) >= 11 is 15.5. The third-order valence-corrected chi connectivity index (χ3v) is 13.6. The van der Waals surface area contributed by atoms with Gasteiger partial charge in [0.1, 0.15) is 0 Å². The topological polar surface area (TPSA) is 0 Å². The molecule has 0 aliphatic heterocycles. The maximum atomic E-state index is 4.18. The Labute approximate surface area is 372 Å². The lowest BCUT2D eigenvalue weighted by molar-refractivity contribution is 0.472. The number of allylic oxidation sites excluding steroid dienone is 4. The maximum absolute atomic E-state index is 4.18. The molecule has 0 heterocycles. The number of fused-ring (bicyclic) bond motifs is 4. The summed E-state index contributed by atoms with van der Waals surface area (Å²) in [5.41, 5.74) is 19.2. The maximum Gasteiger partial charge on any atom is 0.0976 e. The van der Waals surface area contributed by atoms with Gasteiger partial charge in [-0.2, -0.15) is 0 Å². The van der Waals surface area contributed by atoms with Crippen LogP contribution in [-0.2, 0) is 5.41 Å². The molecule has 2 aliphatic rings. The van der Waals surface area contributed by atoms with E-state index in [9.17, 15) is 0 Å². The first-order valence-electron chi connectivity index (χ1n) is 19.5. The van der Waals surface area contributed by atoms with Crippen LogP contribution in [-0.4, -0.2) is 0 Å². The molecule has 0 bridgehead atoms. The van der Waals surface area contributed by atoms with Crippen LogP contribution in [0.4, 0.5) is 0 Å². The molecule has 6 aromatic rings. The van der Waals surface area contributed by atoms with Gasteiger partial charge < -0.3 is 0 Å². The predicted molar refractivity (Wildman–Crippen MR) is 259 cm³/mol. The molecule has 0 N–H and O–H groups in total. The first kappa shape index (κ1) is 40.3. The zero-order valence-electron chi connectivity index (χ0n) is 34.2. The zero-order valence-corrected chi connectivity index (χ0v) is 40.6. The highest BCUT2D eigenvalue weighted by atomic mass is 79.9. The quantitative estimate of drug-likeness (QED) is 0.114. The lowest BCUT2D eigenvalue weighted by Gasteiger charge is -2.38. The van der Waals surface area contributed by atoms with Gasteiger partial charge in [-0.05, 0) is 77.6 Å². The highest BCUT2D eigenvalue weighted by Crippen LogP contribution is 2.49. The van der Waals surface area contributed by atoms with Crippen molar-refractivity contribution in [3.05, 3.63) is 193 Å². The second-order valence-corrected chi connectivity index (χ2v) is 21.5. The van der Waals surface area contributed by atoms with E-state index in [2.05, 4.69) is 236 Å². The molecule has 0 nitrogen and oxygen atoms in total. The summed E-state index contributed by atoms with van der Waals surface area (Å²) in [6, 6.07) is 31.8. The third-order valence-electron chi connectivity index (χ3n) is 11.6. The van der Waals surface area contributed by atoms with Gasteiger partial charge in [0.05, 0.1) is 34.8 Å². The summed E-state index contributed by atoms with van der Waals surface area (Å²) in [7, 11) is 0. The second-order valence-electron chi connectivity index (χ2n) is 17.9. The Bertz CT molecular complexity index is 2770. The van der Waals surface area contributed by atoms with Crippen molar-refractivity contribution in [2.45, 2.75) is 74.7 Å². The molecule has 0 saturated heterocycles. The van der Waals surface area contributed by atoms with Crippen LogP contribution in [0.25, 0.3) is 38.4 Å². The molecule has 4 heteroatoms. The van der Waals surface area contributed by atoms with Crippen molar-refractivity contribution in [2.75, 3.05) is 0 Å². The lowest BCUT2D eigenvalue weighted by atomic mass is 9.70. The van der Waals surface area contributed by atoms with E-state index >= 15 is 0 Å². The van der Waals surface area contributed by atoms with Gasteiger partial charge in [-0.3, -0.25) is 0 Å². The zero-order chi connectivity index (χ0) is 40.9. The summed E-state index contributed by atoms with van der Waals surface area (Å²) in [5.74, 6) is 2.62. The number of benzene rings is 6. The normalized spacial score (nSPS) is 14.5. The second kappa shape index (κ2) is 14.6. The van der Waals surface area contributed by atoms with E-state index in [0.29, 0.717) is 0 Å². The third kappa shape index (κ3) is 7.19. The molecule has 0 saturated carbocycles. The van der Waals surface area contributed by atoms with Gasteiger partial charge >= 0.3 is 0 Å². The van der Waals surface area contributed by atoms with Crippen molar-refractivity contribution >= 4 is 102 Å². The number of hydrogen-bond donors (Lipinski definition) is 0. The molecule has 0 aromatic heterocycles. The molecule has 2 aliphatic carbocycles. The Hall–Kier alpha value is -3.50. The number of aryl methyl sites for hydroxylation is 2. The summed E-state index contributed by atoms with van der Waals surface area (Å²) in [4.78, 5) is 0. The number of rotatable bonds is 1. The Balaban J connectivity index is 1.56. The van der Waals surface area contributed by atoms with E-state index in [1.54, 1.807) is 0 Å². The van der Waals surface area contributed by atoms with Gasteiger partial charge in [0.25, 0.3) is 0 Å². The van der Waals surface area contributed by atoms with Crippen molar-refractivity contribution in [3.8, 4) is 0 Å². The molecule has 0 atom stereocenters. The first-order valence-corrected chi connectivity index (χ1v) is 22.7. The van der Waals surface area contributed by atoms with E-state index in [1.165, 1.54) is 77.9 Å². The molecule has 0 fully saturated rings. The smallest absolute Gasteiger partial charge is 0.0976 e. The van der Waals surface area contributed by atoms with Gasteiger partial charge in [0.15, 0.2) is 0 Å². The fourth-order valence-electron chi connectivity index (χ4n) is 8.86. The Kier molecular flexibility index (Phi) is 10.4. The van der Waals surface area contributed by atoms with Gasteiger partial charge in [-0.1, -0.05) is 209 Å². The van der Waals surface area contributed by atoms with E-state index in [0.717, 1.165) is 50.6 Å². The largest absolute Gasteiger partial charge is 0.114 e. The van der Waals surface area contributed by atoms with Crippen LogP contribution in [0.3, 0.4) is 0 Å². The molecule has 57 heavy (non-hydrogen) atoms. The Morgan fingerprint density at radius 1 is 0.544 bits per heavy atom. The average molecular weight is 1000 g/mol. The summed E-state index contributed by atoms with van der Waals surface area (Å²) < 4.78 is 4.15. The fraction of sp³-hybridized carbons (Fsp3) is 0.226. The average Bonchev–Trinajstić information content (AvgIpc) is 3.11. The van der Waals surface area contributed by atoms with E-state index < -0.39 is 0 Å². The standard InChI is InChI=1S/C53H46Br4/c1-28-19-32(52(5,6)7)20-29(2)48(28)50-38-15-11-34(54)23-42(38)46(43-24-35(55)12-16-39(43)50)27-47-44-25-36(56)13-17-40(44)51(41-18-14-37(57)26-45(41)47)49-30(3)21-33(22-31(49)4)53(8,9)10/h11-26H,1-10H3. The minimum atomic E-state index is 0.0556. The summed E-state index contributed by atoms with van der Waals surface area (Å²) in [6.45, 7) is 22.9. The highest BCUT2D eigenvalue weighted by molar-refractivity contribution is 9.11. The Morgan fingerprint density at radius 2 is 0.982 bits per heavy atom. The monoisotopic (exact) mass is 998 g/mol.